The van der Waals surface area contributed by atoms with E-state index >= 15 is 0 Å². The van der Waals surface area contributed by atoms with Crippen LogP contribution in [0, 0.1) is 5.92 Å². The van der Waals surface area contributed by atoms with Gasteiger partial charge in [0, 0.05) is 29.8 Å². The van der Waals surface area contributed by atoms with Crippen LogP contribution >= 0.6 is 11.6 Å². The zero-order valence-electron chi connectivity index (χ0n) is 27.3. The van der Waals surface area contributed by atoms with Crippen LogP contribution in [-0.2, 0) is 9.53 Å². The summed E-state index contributed by atoms with van der Waals surface area (Å²) in [6.45, 7) is 12.4. The molecule has 6 nitrogen and oxygen atoms in total. The fourth-order valence-corrected chi connectivity index (χ4v) is 5.15. The Labute approximate surface area is 266 Å². The molecule has 10 heteroatoms. The van der Waals surface area contributed by atoms with Crippen molar-refractivity contribution >= 4 is 29.1 Å². The van der Waals surface area contributed by atoms with Crippen molar-refractivity contribution in [3.05, 3.63) is 63.8 Å². The van der Waals surface area contributed by atoms with Gasteiger partial charge in [0.25, 0.3) is 0 Å². The topological polar surface area (TPSA) is 60.4 Å². The second kappa shape index (κ2) is 20.7. The summed E-state index contributed by atoms with van der Waals surface area (Å²) in [6.07, 6.45) is 2.97. The molecule has 0 amide bonds. The van der Waals surface area contributed by atoms with Gasteiger partial charge in [-0.1, -0.05) is 44.5 Å². The van der Waals surface area contributed by atoms with E-state index in [4.69, 9.17) is 26.1 Å². The summed E-state index contributed by atoms with van der Waals surface area (Å²) in [5.41, 5.74) is 4.72. The zero-order chi connectivity index (χ0) is 33.2. The number of carbonyl (C=O) groups excluding carboxylic acids is 1. The first-order chi connectivity index (χ1) is 21.2. The Morgan fingerprint density at radius 2 is 1.73 bits per heavy atom. The maximum atomic E-state index is 14.3. The van der Waals surface area contributed by atoms with Gasteiger partial charge >= 0.3 is 5.97 Å². The van der Waals surface area contributed by atoms with Crippen LogP contribution in [0.1, 0.15) is 84.8 Å². The van der Waals surface area contributed by atoms with Crippen LogP contribution < -0.4 is 14.4 Å². The molecule has 1 aliphatic heterocycles. The fraction of sp³-hybridized carbons (Fsp3) is 0.529. The van der Waals surface area contributed by atoms with Gasteiger partial charge in [-0.3, -0.25) is 14.7 Å². The van der Waals surface area contributed by atoms with Crippen LogP contribution in [0.15, 0.2) is 52.7 Å². The predicted octanol–water partition coefficient (Wildman–Crippen LogP) is 9.64. The lowest BCUT2D eigenvalue weighted by Gasteiger charge is -2.35. The third-order valence-corrected chi connectivity index (χ3v) is 7.06. The van der Waals surface area contributed by atoms with E-state index in [1.165, 1.54) is 6.92 Å². The van der Waals surface area contributed by atoms with Gasteiger partial charge in [-0.25, -0.2) is 13.2 Å². The molecule has 1 saturated carbocycles. The Balaban J connectivity index is 0.000000765. The molecule has 0 spiro atoms. The van der Waals surface area contributed by atoms with E-state index in [9.17, 15) is 18.0 Å². The molecule has 0 aromatic heterocycles. The SMILES string of the molecule is CC.CCOC(C)=O.CCOc1c(OC)cccc1C(c1cc(Cl)ccc1N1C(CC)=NCC(C)=C1CF)C1CC1.FCF. The molecule has 2 aliphatic rings. The lowest BCUT2D eigenvalue weighted by molar-refractivity contribution is -0.140. The molecular formula is C34H48ClF3N2O4. The second-order valence-electron chi connectivity index (χ2n) is 9.64. The second-order valence-corrected chi connectivity index (χ2v) is 10.1. The maximum absolute atomic E-state index is 14.3. The summed E-state index contributed by atoms with van der Waals surface area (Å²) in [5.74, 6) is 2.67. The number of aliphatic imine (C=N–C) groups is 1. The van der Waals surface area contributed by atoms with Gasteiger partial charge in [-0.05, 0) is 74.9 Å². The molecule has 0 radical (unpaired) electrons. The minimum absolute atomic E-state index is 0.0524. The number of hydrogen-bond donors (Lipinski definition) is 0. The molecule has 1 heterocycles. The highest BCUT2D eigenvalue weighted by Crippen LogP contribution is 2.53. The highest BCUT2D eigenvalue weighted by molar-refractivity contribution is 6.30. The molecule has 0 N–H and O–H groups in total. The monoisotopic (exact) mass is 640 g/mol. The number of esters is 1. The number of alkyl halides is 3. The molecule has 2 aromatic rings. The van der Waals surface area contributed by atoms with E-state index in [1.807, 2.05) is 62.9 Å². The number of benzene rings is 2. The number of methoxy groups -OCH3 is 1. The zero-order valence-corrected chi connectivity index (χ0v) is 28.1. The molecule has 246 valence electrons. The largest absolute Gasteiger partial charge is 0.493 e. The number of para-hydroxylation sites is 1. The number of anilines is 1. The van der Waals surface area contributed by atoms with E-state index in [0.717, 1.165) is 59.0 Å². The molecule has 1 aliphatic carbocycles. The van der Waals surface area contributed by atoms with Crippen molar-refractivity contribution in [1.29, 1.82) is 0 Å². The molecule has 0 saturated heterocycles. The molecule has 44 heavy (non-hydrogen) atoms. The molecule has 0 bridgehead atoms. The summed E-state index contributed by atoms with van der Waals surface area (Å²) in [4.78, 5) is 16.6. The lowest BCUT2D eigenvalue weighted by atomic mass is 9.84. The summed E-state index contributed by atoms with van der Waals surface area (Å²) in [5, 5.41) is 0.662. The Morgan fingerprint density at radius 3 is 2.20 bits per heavy atom. The molecular weight excluding hydrogens is 593 g/mol. The van der Waals surface area contributed by atoms with E-state index in [-0.39, 0.29) is 11.9 Å². The highest BCUT2D eigenvalue weighted by Gasteiger charge is 2.39. The summed E-state index contributed by atoms with van der Waals surface area (Å²) in [7, 11) is 1.66. The highest BCUT2D eigenvalue weighted by atomic mass is 35.5. The molecule has 2 aromatic carbocycles. The van der Waals surface area contributed by atoms with Crippen molar-refractivity contribution < 1.29 is 32.2 Å². The first-order valence-corrected chi connectivity index (χ1v) is 15.5. The van der Waals surface area contributed by atoms with Gasteiger partial charge in [0.05, 0.1) is 38.3 Å². The van der Waals surface area contributed by atoms with Gasteiger partial charge in [-0.15, -0.1) is 0 Å². The smallest absolute Gasteiger partial charge is 0.302 e. The van der Waals surface area contributed by atoms with Crippen molar-refractivity contribution in [2.45, 2.75) is 73.6 Å². The normalized spacial score (nSPS) is 14.5. The Kier molecular flexibility index (Phi) is 18.3. The summed E-state index contributed by atoms with van der Waals surface area (Å²) < 4.78 is 49.7. The molecule has 4 rings (SSSR count). The van der Waals surface area contributed by atoms with E-state index < -0.39 is 13.6 Å². The number of ether oxygens (including phenoxy) is 3. The quantitative estimate of drug-likeness (QED) is 0.242. The number of rotatable bonds is 10. The van der Waals surface area contributed by atoms with Gasteiger partial charge < -0.3 is 14.2 Å². The first-order valence-electron chi connectivity index (χ1n) is 15.1. The van der Waals surface area contributed by atoms with Crippen LogP contribution in [0.2, 0.25) is 5.02 Å². The van der Waals surface area contributed by atoms with Crippen LogP contribution in [0.5, 0.6) is 11.5 Å². The third-order valence-electron chi connectivity index (χ3n) is 6.82. The number of halogens is 4. The van der Waals surface area contributed by atoms with Gasteiger partial charge in [0.1, 0.15) is 12.5 Å². The van der Waals surface area contributed by atoms with E-state index in [2.05, 4.69) is 17.7 Å². The minimum atomic E-state index is -1.75. The molecule has 1 unspecified atom stereocenters. The van der Waals surface area contributed by atoms with Gasteiger partial charge in [0.2, 0.25) is 6.93 Å². The van der Waals surface area contributed by atoms with Crippen LogP contribution in [0.25, 0.3) is 0 Å². The first kappa shape index (κ1) is 38.8. The molecule has 1 atom stereocenters. The number of carbonyl (C=O) groups is 1. The number of hydrogen-bond acceptors (Lipinski definition) is 6. The number of allylic oxidation sites excluding steroid dienone is 1. The van der Waals surface area contributed by atoms with Crippen LogP contribution in [0.4, 0.5) is 18.9 Å². The van der Waals surface area contributed by atoms with E-state index in [0.29, 0.717) is 36.4 Å². The Morgan fingerprint density at radius 1 is 1.07 bits per heavy atom. The maximum Gasteiger partial charge on any atom is 0.302 e. The fourth-order valence-electron chi connectivity index (χ4n) is 4.97. The van der Waals surface area contributed by atoms with E-state index in [1.54, 1.807) is 14.0 Å². The van der Waals surface area contributed by atoms with Crippen molar-refractivity contribution in [3.8, 4) is 11.5 Å². The van der Waals surface area contributed by atoms with Crippen molar-refractivity contribution in [3.63, 3.8) is 0 Å². The Bertz CT molecular complexity index is 1240. The third kappa shape index (κ3) is 10.8. The van der Waals surface area contributed by atoms with Crippen molar-refractivity contribution in [2.24, 2.45) is 10.9 Å². The van der Waals surface area contributed by atoms with Gasteiger partial charge in [0.15, 0.2) is 11.5 Å². The van der Waals surface area contributed by atoms with Crippen molar-refractivity contribution in [1.82, 2.24) is 0 Å². The summed E-state index contributed by atoms with van der Waals surface area (Å²) in [6, 6.07) is 12.0. The number of amidine groups is 1. The molecule has 1 fully saturated rings. The average molecular weight is 641 g/mol. The van der Waals surface area contributed by atoms with Gasteiger partial charge in [-0.2, -0.15) is 0 Å². The standard InChI is InChI=1S/C27H32ClFN2O2.C4H8O2.C2H6.CH2F2/c1-5-25-30-16-17(3)23(15-29)31(25)22-13-12-19(28)14-21(22)26(18-10-11-18)20-8-7-9-24(32-4)27(20)33-6-2;1-3-6-4(2)5;1-2;2-1-3/h7-9,12-14,18,26H,5-6,10-11,15-16H2,1-4H3;3H2,1-2H3;1-2H3;1H2. The average Bonchev–Trinajstić information content (AvgIpc) is 3.85. The minimum Gasteiger partial charge on any atom is -0.493 e. The van der Waals surface area contributed by atoms with Crippen LogP contribution in [-0.4, -0.2) is 52.3 Å². The Hall–Kier alpha value is -3.20. The number of nitrogens with zero attached hydrogens (tertiary/aromatic N) is 2. The summed E-state index contributed by atoms with van der Waals surface area (Å²) >= 11 is 6.55. The lowest BCUT2D eigenvalue weighted by Crippen LogP contribution is -2.36. The van der Waals surface area contributed by atoms with Crippen molar-refractivity contribution in [2.75, 3.05) is 45.4 Å². The predicted molar refractivity (Wildman–Crippen MR) is 175 cm³/mol. The van der Waals surface area contributed by atoms with Crippen LogP contribution in [0.3, 0.4) is 0 Å².